The lowest BCUT2D eigenvalue weighted by Gasteiger charge is -2.30. The van der Waals surface area contributed by atoms with Crippen LogP contribution in [0.15, 0.2) is 28.5 Å². The molecule has 2 aromatic rings. The Morgan fingerprint density at radius 2 is 2.04 bits per heavy atom. The fraction of sp³-hybridized carbons (Fsp3) is 0.444. The number of aromatic nitrogens is 1. The molecule has 3 rings (SSSR count). The monoisotopic (exact) mass is 461 g/mol. The maximum Gasteiger partial charge on any atom is 0.229 e. The van der Waals surface area contributed by atoms with Crippen molar-refractivity contribution in [2.75, 3.05) is 30.7 Å². The number of benzene rings is 1. The lowest BCUT2D eigenvalue weighted by Crippen LogP contribution is -2.40. The van der Waals surface area contributed by atoms with Crippen LogP contribution in [0.1, 0.15) is 18.5 Å². The second-order valence-electron chi connectivity index (χ2n) is 6.79. The number of nitrogens with zero attached hydrogens (tertiary/aromatic N) is 2. The largest absolute Gasteiger partial charge is 0.302 e. The van der Waals surface area contributed by atoms with Crippen LogP contribution in [0.25, 0.3) is 0 Å². The molecule has 0 saturated carbocycles. The lowest BCUT2D eigenvalue weighted by molar-refractivity contribution is -0.121. The number of likely N-dealkylation sites (tertiary alicyclic amines) is 1. The van der Waals surface area contributed by atoms with Gasteiger partial charge in [0.15, 0.2) is 15.0 Å². The molecule has 1 aromatic heterocycles. The summed E-state index contributed by atoms with van der Waals surface area (Å²) in [5, 5.41) is 5.89. The summed E-state index contributed by atoms with van der Waals surface area (Å²) in [7, 11) is -3.53. The number of hydrogen-bond donors (Lipinski definition) is 1. The van der Waals surface area contributed by atoms with E-state index in [-0.39, 0.29) is 27.5 Å². The van der Waals surface area contributed by atoms with E-state index in [9.17, 15) is 13.2 Å². The van der Waals surface area contributed by atoms with Crippen LogP contribution in [0.2, 0.25) is 10.0 Å². The average molecular weight is 462 g/mol. The first-order valence-corrected chi connectivity index (χ1v) is 12.2. The first kappa shape index (κ1) is 21.5. The van der Waals surface area contributed by atoms with E-state index in [0.717, 1.165) is 5.69 Å². The van der Waals surface area contributed by atoms with Crippen molar-refractivity contribution in [3.05, 3.63) is 39.3 Å². The molecule has 2 heterocycles. The van der Waals surface area contributed by atoms with Crippen LogP contribution in [0.3, 0.4) is 0 Å². The van der Waals surface area contributed by atoms with Crippen molar-refractivity contribution in [3.8, 4) is 0 Å². The maximum absolute atomic E-state index is 12.6. The summed E-state index contributed by atoms with van der Waals surface area (Å²) < 4.78 is 25.2. The van der Waals surface area contributed by atoms with Gasteiger partial charge in [-0.1, -0.05) is 23.2 Å². The van der Waals surface area contributed by atoms with Gasteiger partial charge in [0.05, 0.1) is 21.4 Å². The molecule has 0 radical (unpaired) electrons. The second-order valence-corrected chi connectivity index (χ2v) is 10.6. The zero-order chi connectivity index (χ0) is 20.3. The predicted molar refractivity (Wildman–Crippen MR) is 113 cm³/mol. The Labute approximate surface area is 178 Å². The molecule has 28 heavy (non-hydrogen) atoms. The summed E-state index contributed by atoms with van der Waals surface area (Å²) in [6.45, 7) is 3.63. The number of piperidine rings is 1. The number of amides is 1. The number of anilines is 1. The smallest absolute Gasteiger partial charge is 0.229 e. The number of nitrogens with one attached hydrogen (secondary N) is 1. The molecule has 1 aliphatic heterocycles. The first-order valence-electron chi connectivity index (χ1n) is 8.88. The fourth-order valence-corrected chi connectivity index (χ4v) is 5.90. The van der Waals surface area contributed by atoms with E-state index < -0.39 is 9.84 Å². The quantitative estimate of drug-likeness (QED) is 0.705. The number of sulfone groups is 1. The molecule has 6 nitrogen and oxygen atoms in total. The van der Waals surface area contributed by atoms with E-state index in [1.807, 2.05) is 12.3 Å². The highest BCUT2D eigenvalue weighted by Crippen LogP contribution is 2.26. The molecule has 1 saturated heterocycles. The molecule has 1 aromatic carbocycles. The summed E-state index contributed by atoms with van der Waals surface area (Å²) in [5.74, 6) is -0.144. The molecule has 1 aliphatic rings. The molecule has 1 N–H and O–H groups in total. The van der Waals surface area contributed by atoms with E-state index in [0.29, 0.717) is 42.6 Å². The van der Waals surface area contributed by atoms with Crippen molar-refractivity contribution >= 4 is 55.4 Å². The van der Waals surface area contributed by atoms with Crippen LogP contribution in [-0.2, 0) is 14.6 Å². The number of halogens is 2. The van der Waals surface area contributed by atoms with Crippen molar-refractivity contribution in [1.82, 2.24) is 9.88 Å². The lowest BCUT2D eigenvalue weighted by atomic mass is 9.96. The van der Waals surface area contributed by atoms with Gasteiger partial charge in [0.1, 0.15) is 0 Å². The first-order chi connectivity index (χ1) is 13.2. The fourth-order valence-electron chi connectivity index (χ4n) is 3.11. The molecule has 0 atom stereocenters. The third kappa shape index (κ3) is 5.45. The van der Waals surface area contributed by atoms with Crippen molar-refractivity contribution in [1.29, 1.82) is 0 Å². The molecule has 1 fully saturated rings. The Hall–Kier alpha value is -1.19. The molecule has 1 amide bonds. The molecule has 152 valence electrons. The molecule has 0 aliphatic carbocycles. The standard InChI is InChI=1S/C18H21Cl2N3O3S2/c1-12-11-27-18(21-12)22-17(24)13-4-6-23(7-5-13)8-9-28(25,26)16-10-14(19)2-3-15(16)20/h2-3,10-11,13H,4-9H2,1H3,(H,21,22,24). The van der Waals surface area contributed by atoms with Gasteiger partial charge in [-0.3, -0.25) is 4.79 Å². The Kier molecular flexibility index (Phi) is 6.98. The highest BCUT2D eigenvalue weighted by atomic mass is 35.5. The van der Waals surface area contributed by atoms with Crippen LogP contribution in [0, 0.1) is 12.8 Å². The summed E-state index contributed by atoms with van der Waals surface area (Å²) in [6, 6.07) is 4.44. The number of thiazole rings is 1. The van der Waals surface area contributed by atoms with Gasteiger partial charge in [-0.25, -0.2) is 13.4 Å². The van der Waals surface area contributed by atoms with Crippen molar-refractivity contribution in [2.24, 2.45) is 5.92 Å². The molecule has 0 unspecified atom stereocenters. The summed E-state index contributed by atoms with van der Waals surface area (Å²) >= 11 is 13.3. The van der Waals surface area contributed by atoms with E-state index in [2.05, 4.69) is 15.2 Å². The summed E-state index contributed by atoms with van der Waals surface area (Å²) in [5.41, 5.74) is 0.885. The maximum atomic E-state index is 12.6. The highest BCUT2D eigenvalue weighted by Gasteiger charge is 2.27. The van der Waals surface area contributed by atoms with Gasteiger partial charge in [-0.2, -0.15) is 0 Å². The number of aryl methyl sites for hydroxylation is 1. The minimum absolute atomic E-state index is 0.0210. The van der Waals surface area contributed by atoms with Gasteiger partial charge in [0.2, 0.25) is 5.91 Å². The van der Waals surface area contributed by atoms with Gasteiger partial charge in [0, 0.05) is 22.9 Å². The van der Waals surface area contributed by atoms with Crippen molar-refractivity contribution in [2.45, 2.75) is 24.7 Å². The summed E-state index contributed by atoms with van der Waals surface area (Å²) in [4.78, 5) is 18.7. The Balaban J connectivity index is 1.50. The molecular formula is C18H21Cl2N3O3S2. The Morgan fingerprint density at radius 1 is 1.32 bits per heavy atom. The third-order valence-electron chi connectivity index (χ3n) is 4.71. The number of hydrogen-bond acceptors (Lipinski definition) is 6. The van der Waals surface area contributed by atoms with E-state index in [4.69, 9.17) is 23.2 Å². The summed E-state index contributed by atoms with van der Waals surface area (Å²) in [6.07, 6.45) is 1.38. The van der Waals surface area contributed by atoms with Gasteiger partial charge in [0.25, 0.3) is 0 Å². The zero-order valence-electron chi connectivity index (χ0n) is 15.3. The number of rotatable bonds is 6. The molecule has 0 bridgehead atoms. The van der Waals surface area contributed by atoms with E-state index in [1.54, 1.807) is 6.07 Å². The predicted octanol–water partition coefficient (Wildman–Crippen LogP) is 3.88. The SMILES string of the molecule is Cc1csc(NC(=O)C2CCN(CCS(=O)(=O)c3cc(Cl)ccc3Cl)CC2)n1. The molecule has 10 heteroatoms. The van der Waals surface area contributed by atoms with Crippen LogP contribution in [0.5, 0.6) is 0 Å². The van der Waals surface area contributed by atoms with Crippen molar-refractivity contribution < 1.29 is 13.2 Å². The Morgan fingerprint density at radius 3 is 2.68 bits per heavy atom. The second kappa shape index (κ2) is 9.09. The number of carbonyl (C=O) groups is 1. The Bertz CT molecular complexity index is 955. The third-order valence-corrected chi connectivity index (χ3v) is 7.99. The average Bonchev–Trinajstić information content (AvgIpc) is 3.07. The van der Waals surface area contributed by atoms with Crippen LogP contribution >= 0.6 is 34.5 Å². The minimum Gasteiger partial charge on any atom is -0.302 e. The van der Waals surface area contributed by atoms with E-state index >= 15 is 0 Å². The van der Waals surface area contributed by atoms with Gasteiger partial charge in [-0.05, 0) is 51.1 Å². The van der Waals surface area contributed by atoms with Gasteiger partial charge >= 0.3 is 0 Å². The van der Waals surface area contributed by atoms with E-state index in [1.165, 1.54) is 23.5 Å². The van der Waals surface area contributed by atoms with Crippen LogP contribution < -0.4 is 5.32 Å². The normalized spacial score (nSPS) is 16.2. The van der Waals surface area contributed by atoms with Crippen molar-refractivity contribution in [3.63, 3.8) is 0 Å². The van der Waals surface area contributed by atoms with Crippen LogP contribution in [0.4, 0.5) is 5.13 Å². The van der Waals surface area contributed by atoms with Gasteiger partial charge in [-0.15, -0.1) is 11.3 Å². The van der Waals surface area contributed by atoms with Gasteiger partial charge < -0.3 is 10.2 Å². The number of carbonyl (C=O) groups excluding carboxylic acids is 1. The minimum atomic E-state index is -3.53. The van der Waals surface area contributed by atoms with Crippen LogP contribution in [-0.4, -0.2) is 49.6 Å². The topological polar surface area (TPSA) is 79.4 Å². The molecular weight excluding hydrogens is 441 g/mol. The zero-order valence-corrected chi connectivity index (χ0v) is 18.5. The molecule has 0 spiro atoms. The highest BCUT2D eigenvalue weighted by molar-refractivity contribution is 7.91.